The van der Waals surface area contributed by atoms with Gasteiger partial charge >= 0.3 is 0 Å². The Hall–Kier alpha value is -1.89. The summed E-state index contributed by atoms with van der Waals surface area (Å²) in [4.78, 5) is 14.8. The van der Waals surface area contributed by atoms with Crippen LogP contribution in [0.2, 0.25) is 0 Å². The summed E-state index contributed by atoms with van der Waals surface area (Å²) >= 11 is 0. The fraction of sp³-hybridized carbons (Fsp3) is 0.438. The summed E-state index contributed by atoms with van der Waals surface area (Å²) in [6.45, 7) is 1.05. The lowest BCUT2D eigenvalue weighted by Gasteiger charge is -2.28. The second kappa shape index (κ2) is 7.12. The molecule has 1 aliphatic heterocycles. The number of amides is 1. The molecule has 0 saturated carbocycles. The average molecular weight is 340 g/mol. The summed E-state index contributed by atoms with van der Waals surface area (Å²) in [5.41, 5.74) is 0. The Kier molecular flexibility index (Phi) is 5.41. The number of carbonyl (C=O) groups excluding carboxylic acids is 1. The van der Waals surface area contributed by atoms with Gasteiger partial charge in [0.25, 0.3) is 5.91 Å². The third kappa shape index (κ3) is 3.90. The van der Waals surface area contributed by atoms with Crippen LogP contribution in [0.3, 0.4) is 0 Å². The zero-order chi connectivity index (χ0) is 17.0. The van der Waals surface area contributed by atoms with E-state index in [-0.39, 0.29) is 0 Å². The van der Waals surface area contributed by atoms with Gasteiger partial charge < -0.3 is 9.80 Å². The topological polar surface area (TPSA) is 57.7 Å². The van der Waals surface area contributed by atoms with Crippen LogP contribution >= 0.6 is 0 Å². The maximum Gasteiger partial charge on any atom is 0.267 e. The number of likely N-dealkylation sites (tertiary alicyclic amines) is 1. The molecule has 2 rings (SSSR count). The monoisotopic (exact) mass is 340 g/mol. The fourth-order valence-corrected chi connectivity index (χ4v) is 4.04. The van der Waals surface area contributed by atoms with Crippen LogP contribution < -0.4 is 0 Å². The molecule has 1 amide bonds. The molecule has 0 radical (unpaired) electrons. The van der Waals surface area contributed by atoms with E-state index in [4.69, 9.17) is 0 Å². The lowest BCUT2D eigenvalue weighted by molar-refractivity contribution is -0.127. The van der Waals surface area contributed by atoms with Crippen molar-refractivity contribution in [1.82, 2.24) is 9.80 Å². The molecule has 0 atom stereocenters. The van der Waals surface area contributed by atoms with E-state index in [1.807, 2.05) is 0 Å². The van der Waals surface area contributed by atoms with Crippen molar-refractivity contribution in [3.05, 3.63) is 41.2 Å². The van der Waals surface area contributed by atoms with Gasteiger partial charge in [0.2, 0.25) is 9.84 Å². The Balaban J connectivity index is 2.46. The molecule has 0 unspecified atom stereocenters. The zero-order valence-corrected chi connectivity index (χ0v) is 14.1. The number of benzene rings is 1. The number of halogens is 1. The van der Waals surface area contributed by atoms with Gasteiger partial charge in [0, 0.05) is 33.4 Å². The SMILES string of the molecule is CN(C)/C=C(/C(=O)N1CCCCC1)S(=O)(=O)c1ccccc1F. The molecule has 0 bridgehead atoms. The van der Waals surface area contributed by atoms with Gasteiger partial charge in [0.1, 0.15) is 10.7 Å². The molecule has 0 aliphatic carbocycles. The smallest absolute Gasteiger partial charge is 0.267 e. The van der Waals surface area contributed by atoms with Gasteiger partial charge in [-0.3, -0.25) is 4.79 Å². The maximum atomic E-state index is 13.9. The summed E-state index contributed by atoms with van der Waals surface area (Å²) in [6.07, 6.45) is 3.97. The van der Waals surface area contributed by atoms with Crippen molar-refractivity contribution in [3.8, 4) is 0 Å². The molecule has 1 aromatic carbocycles. The lowest BCUT2D eigenvalue weighted by atomic mass is 10.1. The molecule has 0 N–H and O–H groups in total. The molecule has 1 heterocycles. The molecule has 1 aliphatic rings. The van der Waals surface area contributed by atoms with Crippen LogP contribution in [-0.2, 0) is 14.6 Å². The van der Waals surface area contributed by atoms with Crippen LogP contribution in [0, 0.1) is 5.82 Å². The van der Waals surface area contributed by atoms with Crippen molar-refractivity contribution in [2.45, 2.75) is 24.2 Å². The van der Waals surface area contributed by atoms with Crippen LogP contribution in [0.15, 0.2) is 40.3 Å². The predicted octanol–water partition coefficient (Wildman–Crippen LogP) is 2.01. The number of rotatable bonds is 4. The van der Waals surface area contributed by atoms with E-state index < -0.39 is 31.4 Å². The van der Waals surface area contributed by atoms with Crippen LogP contribution in [0.25, 0.3) is 0 Å². The number of hydrogen-bond donors (Lipinski definition) is 0. The minimum Gasteiger partial charge on any atom is -0.382 e. The van der Waals surface area contributed by atoms with E-state index >= 15 is 0 Å². The Morgan fingerprint density at radius 2 is 1.78 bits per heavy atom. The summed E-state index contributed by atoms with van der Waals surface area (Å²) in [5.74, 6) is -1.43. The fourth-order valence-electron chi connectivity index (χ4n) is 2.51. The lowest BCUT2D eigenvalue weighted by Crippen LogP contribution is -2.38. The van der Waals surface area contributed by atoms with Gasteiger partial charge in [-0.2, -0.15) is 0 Å². The van der Waals surface area contributed by atoms with Gasteiger partial charge in [-0.15, -0.1) is 0 Å². The van der Waals surface area contributed by atoms with E-state index in [2.05, 4.69) is 0 Å². The normalized spacial score (nSPS) is 16.3. The standard InChI is InChI=1S/C16H21FN2O3S/c1-18(2)12-15(16(20)19-10-6-3-7-11-19)23(21,22)14-9-5-4-8-13(14)17/h4-5,8-9,12H,3,6-7,10-11H2,1-2H3/b15-12-. The predicted molar refractivity (Wildman–Crippen MR) is 85.8 cm³/mol. The van der Waals surface area contributed by atoms with Crippen molar-refractivity contribution in [2.75, 3.05) is 27.2 Å². The molecule has 1 aromatic rings. The number of carbonyl (C=O) groups is 1. The van der Waals surface area contributed by atoms with Gasteiger partial charge in [0.15, 0.2) is 4.91 Å². The maximum absolute atomic E-state index is 13.9. The highest BCUT2D eigenvalue weighted by Crippen LogP contribution is 2.25. The second-order valence-corrected chi connectivity index (χ2v) is 7.63. The number of piperidine rings is 1. The third-order valence-electron chi connectivity index (χ3n) is 3.65. The Morgan fingerprint density at radius 1 is 1.17 bits per heavy atom. The van der Waals surface area contributed by atoms with Crippen molar-refractivity contribution >= 4 is 15.7 Å². The molecule has 1 saturated heterocycles. The summed E-state index contributed by atoms with van der Waals surface area (Å²) in [7, 11) is -0.971. The van der Waals surface area contributed by atoms with E-state index in [9.17, 15) is 17.6 Å². The van der Waals surface area contributed by atoms with Gasteiger partial charge in [-0.05, 0) is 31.4 Å². The largest absolute Gasteiger partial charge is 0.382 e. The zero-order valence-electron chi connectivity index (χ0n) is 13.3. The van der Waals surface area contributed by atoms with Crippen LogP contribution in [0.5, 0.6) is 0 Å². The molecule has 7 heteroatoms. The van der Waals surface area contributed by atoms with Crippen LogP contribution in [-0.4, -0.2) is 51.3 Å². The third-order valence-corrected chi connectivity index (χ3v) is 5.41. The first-order valence-electron chi connectivity index (χ1n) is 7.51. The molecular formula is C16H21FN2O3S. The Labute approximate surface area is 136 Å². The quantitative estimate of drug-likeness (QED) is 0.787. The first-order valence-corrected chi connectivity index (χ1v) is 8.99. The van der Waals surface area contributed by atoms with Crippen LogP contribution in [0.4, 0.5) is 4.39 Å². The van der Waals surface area contributed by atoms with Crippen molar-refractivity contribution < 1.29 is 17.6 Å². The molecule has 126 valence electrons. The molecule has 1 fully saturated rings. The Bertz CT molecular complexity index is 708. The van der Waals surface area contributed by atoms with E-state index in [0.29, 0.717) is 13.1 Å². The molecule has 23 heavy (non-hydrogen) atoms. The van der Waals surface area contributed by atoms with E-state index in [1.54, 1.807) is 14.1 Å². The molecule has 5 nitrogen and oxygen atoms in total. The number of sulfone groups is 1. The van der Waals surface area contributed by atoms with Crippen LogP contribution in [0.1, 0.15) is 19.3 Å². The summed E-state index contributed by atoms with van der Waals surface area (Å²) < 4.78 is 39.5. The number of nitrogens with zero attached hydrogens (tertiary/aromatic N) is 2. The minimum absolute atomic E-state index is 0.394. The minimum atomic E-state index is -4.22. The van der Waals surface area contributed by atoms with Crippen molar-refractivity contribution in [2.24, 2.45) is 0 Å². The van der Waals surface area contributed by atoms with E-state index in [0.717, 1.165) is 25.3 Å². The highest BCUT2D eigenvalue weighted by atomic mass is 32.2. The van der Waals surface area contributed by atoms with Gasteiger partial charge in [-0.1, -0.05) is 12.1 Å². The molecule has 0 spiro atoms. The second-order valence-electron chi connectivity index (χ2n) is 5.74. The summed E-state index contributed by atoms with van der Waals surface area (Å²) in [5, 5.41) is 0. The summed E-state index contributed by atoms with van der Waals surface area (Å²) in [6, 6.07) is 5.11. The molecular weight excluding hydrogens is 319 g/mol. The van der Waals surface area contributed by atoms with Crippen molar-refractivity contribution in [3.63, 3.8) is 0 Å². The molecule has 0 aromatic heterocycles. The first kappa shape index (κ1) is 17.5. The first-order chi connectivity index (χ1) is 10.8. The van der Waals surface area contributed by atoms with Gasteiger partial charge in [-0.25, -0.2) is 12.8 Å². The highest BCUT2D eigenvalue weighted by Gasteiger charge is 2.33. The number of hydrogen-bond acceptors (Lipinski definition) is 4. The van der Waals surface area contributed by atoms with Crippen molar-refractivity contribution in [1.29, 1.82) is 0 Å². The van der Waals surface area contributed by atoms with E-state index in [1.165, 1.54) is 34.2 Å². The average Bonchev–Trinajstić information content (AvgIpc) is 2.53. The van der Waals surface area contributed by atoms with Gasteiger partial charge in [0.05, 0.1) is 0 Å². The highest BCUT2D eigenvalue weighted by molar-refractivity contribution is 7.96. The Morgan fingerprint density at radius 3 is 2.35 bits per heavy atom.